The van der Waals surface area contributed by atoms with Crippen LogP contribution in [0, 0.1) is 19.8 Å². The molecule has 0 saturated heterocycles. The Morgan fingerprint density at radius 3 is 2.39 bits per heavy atom. The number of ether oxygens (including phenoxy) is 1. The standard InChI is InChI=1S/C15H26N2O/c1-6-13(9-16)10-17(4)14-7-11(2)12(3)8-15(14)18-5/h7-8,13H,6,9-10,16H2,1-5H3. The Labute approximate surface area is 111 Å². The van der Waals surface area contributed by atoms with Crippen molar-refractivity contribution in [1.29, 1.82) is 0 Å². The highest BCUT2D eigenvalue weighted by Crippen LogP contribution is 2.31. The minimum absolute atomic E-state index is 0.529. The van der Waals surface area contributed by atoms with E-state index in [-0.39, 0.29) is 0 Å². The summed E-state index contributed by atoms with van der Waals surface area (Å²) in [6.07, 6.45) is 1.11. The average molecular weight is 250 g/mol. The Morgan fingerprint density at radius 1 is 1.28 bits per heavy atom. The maximum absolute atomic E-state index is 5.78. The molecule has 0 radical (unpaired) electrons. The van der Waals surface area contributed by atoms with Gasteiger partial charge in [-0.25, -0.2) is 0 Å². The van der Waals surface area contributed by atoms with Crippen molar-refractivity contribution in [2.45, 2.75) is 27.2 Å². The summed E-state index contributed by atoms with van der Waals surface area (Å²) in [6.45, 7) is 8.12. The van der Waals surface area contributed by atoms with Gasteiger partial charge in [-0.1, -0.05) is 13.3 Å². The van der Waals surface area contributed by atoms with Gasteiger partial charge in [-0.15, -0.1) is 0 Å². The smallest absolute Gasteiger partial charge is 0.142 e. The van der Waals surface area contributed by atoms with E-state index in [9.17, 15) is 0 Å². The molecule has 3 nitrogen and oxygen atoms in total. The minimum atomic E-state index is 0.529. The molecule has 0 aromatic heterocycles. The van der Waals surface area contributed by atoms with E-state index in [2.05, 4.69) is 44.9 Å². The molecule has 18 heavy (non-hydrogen) atoms. The van der Waals surface area contributed by atoms with Crippen molar-refractivity contribution in [3.63, 3.8) is 0 Å². The van der Waals surface area contributed by atoms with Crippen molar-refractivity contribution in [2.24, 2.45) is 11.7 Å². The molecule has 1 aromatic rings. The number of benzene rings is 1. The third-order valence-corrected chi connectivity index (χ3v) is 3.65. The van der Waals surface area contributed by atoms with Crippen LogP contribution in [0.25, 0.3) is 0 Å². The van der Waals surface area contributed by atoms with Gasteiger partial charge in [0.05, 0.1) is 12.8 Å². The molecule has 0 fully saturated rings. The molecule has 2 N–H and O–H groups in total. The van der Waals surface area contributed by atoms with Gasteiger partial charge in [0.15, 0.2) is 0 Å². The normalized spacial score (nSPS) is 12.3. The molecule has 0 aliphatic rings. The topological polar surface area (TPSA) is 38.5 Å². The lowest BCUT2D eigenvalue weighted by atomic mass is 10.0. The van der Waals surface area contributed by atoms with E-state index in [0.717, 1.165) is 30.9 Å². The van der Waals surface area contributed by atoms with E-state index in [1.165, 1.54) is 11.1 Å². The second kappa shape index (κ2) is 6.64. The summed E-state index contributed by atoms with van der Waals surface area (Å²) in [6, 6.07) is 4.29. The van der Waals surface area contributed by atoms with Crippen LogP contribution < -0.4 is 15.4 Å². The molecule has 102 valence electrons. The van der Waals surface area contributed by atoms with Crippen molar-refractivity contribution in [3.05, 3.63) is 23.3 Å². The van der Waals surface area contributed by atoms with E-state index in [0.29, 0.717) is 5.92 Å². The Kier molecular flexibility index (Phi) is 5.48. The van der Waals surface area contributed by atoms with Gasteiger partial charge in [0, 0.05) is 13.6 Å². The van der Waals surface area contributed by atoms with Crippen LogP contribution in [0.15, 0.2) is 12.1 Å². The lowest BCUT2D eigenvalue weighted by Gasteiger charge is -2.26. The fraction of sp³-hybridized carbons (Fsp3) is 0.600. The molecule has 1 rings (SSSR count). The fourth-order valence-corrected chi connectivity index (χ4v) is 2.09. The maximum Gasteiger partial charge on any atom is 0.142 e. The zero-order valence-electron chi connectivity index (χ0n) is 12.3. The molecular weight excluding hydrogens is 224 g/mol. The molecule has 0 aliphatic heterocycles. The number of hydrogen-bond donors (Lipinski definition) is 1. The molecule has 1 aromatic carbocycles. The predicted molar refractivity (Wildman–Crippen MR) is 78.6 cm³/mol. The van der Waals surface area contributed by atoms with Gasteiger partial charge >= 0.3 is 0 Å². The number of aryl methyl sites for hydroxylation is 2. The lowest BCUT2D eigenvalue weighted by Crippen LogP contribution is -2.30. The Hall–Kier alpha value is -1.22. The Bertz CT molecular complexity index is 386. The van der Waals surface area contributed by atoms with Crippen LogP contribution in [0.5, 0.6) is 5.75 Å². The summed E-state index contributed by atoms with van der Waals surface area (Å²) in [7, 11) is 3.83. The lowest BCUT2D eigenvalue weighted by molar-refractivity contribution is 0.413. The summed E-state index contributed by atoms with van der Waals surface area (Å²) in [5, 5.41) is 0. The molecule has 1 atom stereocenters. The van der Waals surface area contributed by atoms with Crippen LogP contribution >= 0.6 is 0 Å². The first-order valence-corrected chi connectivity index (χ1v) is 6.59. The van der Waals surface area contributed by atoms with Crippen LogP contribution in [-0.4, -0.2) is 27.2 Å². The Morgan fingerprint density at radius 2 is 1.89 bits per heavy atom. The summed E-state index contributed by atoms with van der Waals surface area (Å²) < 4.78 is 5.48. The van der Waals surface area contributed by atoms with Crippen LogP contribution in [0.2, 0.25) is 0 Å². The highest BCUT2D eigenvalue weighted by atomic mass is 16.5. The largest absolute Gasteiger partial charge is 0.495 e. The van der Waals surface area contributed by atoms with Gasteiger partial charge in [-0.05, 0) is 49.6 Å². The Balaban J connectivity index is 2.97. The maximum atomic E-state index is 5.78. The highest BCUT2D eigenvalue weighted by molar-refractivity contribution is 5.61. The minimum Gasteiger partial charge on any atom is -0.495 e. The monoisotopic (exact) mass is 250 g/mol. The SMILES string of the molecule is CCC(CN)CN(C)c1cc(C)c(C)cc1OC. The number of nitrogens with zero attached hydrogens (tertiary/aromatic N) is 1. The predicted octanol–water partition coefficient (Wildman–Crippen LogP) is 2.73. The number of anilines is 1. The molecule has 0 saturated carbocycles. The first kappa shape index (κ1) is 14.8. The van der Waals surface area contributed by atoms with Crippen molar-refractivity contribution in [2.75, 3.05) is 32.1 Å². The summed E-state index contributed by atoms with van der Waals surface area (Å²) in [5.41, 5.74) is 9.47. The molecule has 0 bridgehead atoms. The van der Waals surface area contributed by atoms with E-state index in [1.807, 2.05) is 0 Å². The van der Waals surface area contributed by atoms with Gasteiger partial charge in [0.1, 0.15) is 5.75 Å². The van der Waals surface area contributed by atoms with Crippen molar-refractivity contribution in [1.82, 2.24) is 0 Å². The molecule has 0 amide bonds. The van der Waals surface area contributed by atoms with Gasteiger partial charge in [-0.3, -0.25) is 0 Å². The zero-order valence-corrected chi connectivity index (χ0v) is 12.3. The van der Waals surface area contributed by atoms with E-state index < -0.39 is 0 Å². The van der Waals surface area contributed by atoms with Gasteiger partial charge in [-0.2, -0.15) is 0 Å². The first-order chi connectivity index (χ1) is 8.53. The van der Waals surface area contributed by atoms with E-state index in [1.54, 1.807) is 7.11 Å². The van der Waals surface area contributed by atoms with Crippen molar-refractivity contribution < 1.29 is 4.74 Å². The number of hydrogen-bond acceptors (Lipinski definition) is 3. The second-order valence-corrected chi connectivity index (χ2v) is 5.00. The summed E-state index contributed by atoms with van der Waals surface area (Å²) in [5.74, 6) is 1.47. The number of nitrogens with two attached hydrogens (primary N) is 1. The molecule has 0 heterocycles. The van der Waals surface area contributed by atoms with Gasteiger partial charge in [0.25, 0.3) is 0 Å². The third-order valence-electron chi connectivity index (χ3n) is 3.65. The van der Waals surface area contributed by atoms with Crippen molar-refractivity contribution in [3.8, 4) is 5.75 Å². The molecular formula is C15H26N2O. The van der Waals surface area contributed by atoms with E-state index in [4.69, 9.17) is 10.5 Å². The van der Waals surface area contributed by atoms with Crippen LogP contribution in [0.1, 0.15) is 24.5 Å². The van der Waals surface area contributed by atoms with Crippen molar-refractivity contribution >= 4 is 5.69 Å². The quantitative estimate of drug-likeness (QED) is 0.843. The number of methoxy groups -OCH3 is 1. The molecule has 0 spiro atoms. The first-order valence-electron chi connectivity index (χ1n) is 6.59. The summed E-state index contributed by atoms with van der Waals surface area (Å²) >= 11 is 0. The number of rotatable bonds is 6. The molecule has 1 unspecified atom stereocenters. The van der Waals surface area contributed by atoms with Crippen LogP contribution in [0.3, 0.4) is 0 Å². The summed E-state index contributed by atoms with van der Waals surface area (Å²) in [4.78, 5) is 2.24. The average Bonchev–Trinajstić information content (AvgIpc) is 2.38. The van der Waals surface area contributed by atoms with Crippen LogP contribution in [0.4, 0.5) is 5.69 Å². The van der Waals surface area contributed by atoms with Gasteiger partial charge in [0.2, 0.25) is 0 Å². The zero-order chi connectivity index (χ0) is 13.7. The van der Waals surface area contributed by atoms with Crippen LogP contribution in [-0.2, 0) is 0 Å². The second-order valence-electron chi connectivity index (χ2n) is 5.00. The van der Waals surface area contributed by atoms with E-state index >= 15 is 0 Å². The molecule has 3 heteroatoms. The highest BCUT2D eigenvalue weighted by Gasteiger charge is 2.13. The fourth-order valence-electron chi connectivity index (χ4n) is 2.09. The third kappa shape index (κ3) is 3.39. The van der Waals surface area contributed by atoms with Gasteiger partial charge < -0.3 is 15.4 Å². The molecule has 0 aliphatic carbocycles.